The quantitative estimate of drug-likeness (QED) is 0.822. The Balaban J connectivity index is 0.000000191. The first-order valence-corrected chi connectivity index (χ1v) is 6.25. The Hall–Kier alpha value is -2.09. The Kier molecular flexibility index (Phi) is 5.31. The lowest BCUT2D eigenvalue weighted by molar-refractivity contribution is 0.0697. The molecule has 19 heavy (non-hydrogen) atoms. The summed E-state index contributed by atoms with van der Waals surface area (Å²) in [6.45, 7) is 6.67. The van der Waals surface area contributed by atoms with Crippen LogP contribution in [0.4, 0.5) is 0 Å². The fourth-order valence-electron chi connectivity index (χ4n) is 1.52. The van der Waals surface area contributed by atoms with Crippen molar-refractivity contribution in [2.24, 2.45) is 0 Å². The van der Waals surface area contributed by atoms with Crippen molar-refractivity contribution >= 4 is 5.97 Å². The van der Waals surface area contributed by atoms with E-state index in [-0.39, 0.29) is 0 Å². The molecule has 0 amide bonds. The van der Waals surface area contributed by atoms with Crippen LogP contribution in [0.15, 0.2) is 60.7 Å². The second-order valence-corrected chi connectivity index (χ2v) is 5.29. The van der Waals surface area contributed by atoms with Gasteiger partial charge < -0.3 is 5.11 Å². The minimum absolute atomic E-state index is 0.293. The minimum Gasteiger partial charge on any atom is -0.478 e. The number of carboxylic acid groups (broad SMARTS) is 1. The van der Waals surface area contributed by atoms with Crippen LogP contribution in [0.5, 0.6) is 0 Å². The number of rotatable bonds is 1. The maximum atomic E-state index is 10.2. The summed E-state index contributed by atoms with van der Waals surface area (Å²) in [5, 5.41) is 8.38. The number of carbonyl (C=O) groups is 1. The van der Waals surface area contributed by atoms with E-state index in [9.17, 15) is 4.79 Å². The van der Waals surface area contributed by atoms with Crippen molar-refractivity contribution in [3.63, 3.8) is 0 Å². The van der Waals surface area contributed by atoms with E-state index < -0.39 is 5.97 Å². The summed E-state index contributed by atoms with van der Waals surface area (Å²) in [5.41, 5.74) is 2.02. The largest absolute Gasteiger partial charge is 0.478 e. The Morgan fingerprint density at radius 2 is 1.26 bits per heavy atom. The summed E-state index contributed by atoms with van der Waals surface area (Å²) in [6.07, 6.45) is 0. The molecule has 0 saturated heterocycles. The number of hydrogen-bond donors (Lipinski definition) is 1. The van der Waals surface area contributed by atoms with Crippen molar-refractivity contribution in [1.82, 2.24) is 0 Å². The summed E-state index contributed by atoms with van der Waals surface area (Å²) >= 11 is 0. The van der Waals surface area contributed by atoms with Gasteiger partial charge in [-0.25, -0.2) is 4.79 Å². The molecular weight excluding hydrogens is 236 g/mol. The van der Waals surface area contributed by atoms with Crippen molar-refractivity contribution in [1.29, 1.82) is 0 Å². The third kappa shape index (κ3) is 5.38. The molecule has 2 rings (SSSR count). The van der Waals surface area contributed by atoms with Crippen LogP contribution in [-0.4, -0.2) is 11.1 Å². The average molecular weight is 256 g/mol. The molecule has 2 aromatic rings. The summed E-state index contributed by atoms with van der Waals surface area (Å²) in [6, 6.07) is 18.8. The monoisotopic (exact) mass is 256 g/mol. The van der Waals surface area contributed by atoms with Gasteiger partial charge in [0.15, 0.2) is 0 Å². The molecule has 0 aliphatic carbocycles. The van der Waals surface area contributed by atoms with Crippen LogP contribution in [0.25, 0.3) is 0 Å². The maximum Gasteiger partial charge on any atom is 0.335 e. The van der Waals surface area contributed by atoms with Gasteiger partial charge in [0.05, 0.1) is 5.56 Å². The highest BCUT2D eigenvalue weighted by Crippen LogP contribution is 2.20. The molecule has 100 valence electrons. The van der Waals surface area contributed by atoms with E-state index in [4.69, 9.17) is 5.11 Å². The van der Waals surface area contributed by atoms with Gasteiger partial charge in [-0.1, -0.05) is 69.3 Å². The van der Waals surface area contributed by atoms with Gasteiger partial charge in [-0.2, -0.15) is 0 Å². The van der Waals surface area contributed by atoms with Gasteiger partial charge in [0.1, 0.15) is 0 Å². The standard InChI is InChI=1S/C10H14.C7H6O2/c1-10(2,3)9-7-5-4-6-8-9;8-7(9)6-4-2-1-3-5-6/h4-8H,1-3H3;1-5H,(H,8,9). The average Bonchev–Trinajstić information content (AvgIpc) is 2.40. The zero-order chi connectivity index (χ0) is 14.3. The first-order valence-electron chi connectivity index (χ1n) is 6.25. The highest BCUT2D eigenvalue weighted by atomic mass is 16.4. The van der Waals surface area contributed by atoms with Crippen molar-refractivity contribution in [2.45, 2.75) is 26.2 Å². The second-order valence-electron chi connectivity index (χ2n) is 5.29. The van der Waals surface area contributed by atoms with Crippen LogP contribution in [0.3, 0.4) is 0 Å². The second kappa shape index (κ2) is 6.74. The van der Waals surface area contributed by atoms with E-state index in [1.54, 1.807) is 30.3 Å². The Morgan fingerprint density at radius 1 is 0.842 bits per heavy atom. The number of carboxylic acids is 1. The van der Waals surface area contributed by atoms with Crippen LogP contribution in [-0.2, 0) is 5.41 Å². The maximum absolute atomic E-state index is 10.2. The van der Waals surface area contributed by atoms with Gasteiger partial charge in [0, 0.05) is 0 Å². The van der Waals surface area contributed by atoms with E-state index in [2.05, 4.69) is 51.1 Å². The molecule has 1 N–H and O–H groups in total. The van der Waals surface area contributed by atoms with Gasteiger partial charge in [-0.3, -0.25) is 0 Å². The van der Waals surface area contributed by atoms with Crippen molar-refractivity contribution < 1.29 is 9.90 Å². The highest BCUT2D eigenvalue weighted by Gasteiger charge is 2.11. The Morgan fingerprint density at radius 3 is 1.53 bits per heavy atom. The summed E-state index contributed by atoms with van der Waals surface area (Å²) in [7, 11) is 0. The number of benzene rings is 2. The molecule has 0 saturated carbocycles. The molecule has 0 unspecified atom stereocenters. The van der Waals surface area contributed by atoms with E-state index >= 15 is 0 Å². The molecule has 0 spiro atoms. The molecule has 0 aromatic heterocycles. The SMILES string of the molecule is CC(C)(C)c1ccccc1.O=C(O)c1ccccc1. The fourth-order valence-corrected chi connectivity index (χ4v) is 1.52. The zero-order valence-corrected chi connectivity index (χ0v) is 11.6. The fraction of sp³-hybridized carbons (Fsp3) is 0.235. The smallest absolute Gasteiger partial charge is 0.335 e. The molecule has 0 fully saturated rings. The molecule has 0 heterocycles. The molecule has 0 aliphatic heterocycles. The van der Waals surface area contributed by atoms with Gasteiger partial charge in [0.2, 0.25) is 0 Å². The predicted octanol–water partition coefficient (Wildman–Crippen LogP) is 4.37. The van der Waals surface area contributed by atoms with Gasteiger partial charge in [-0.05, 0) is 23.1 Å². The van der Waals surface area contributed by atoms with Crippen LogP contribution < -0.4 is 0 Å². The molecule has 2 nitrogen and oxygen atoms in total. The summed E-state index contributed by atoms with van der Waals surface area (Å²) < 4.78 is 0. The van der Waals surface area contributed by atoms with Gasteiger partial charge in [-0.15, -0.1) is 0 Å². The number of hydrogen-bond acceptors (Lipinski definition) is 1. The minimum atomic E-state index is -0.879. The van der Waals surface area contributed by atoms with Gasteiger partial charge in [0.25, 0.3) is 0 Å². The highest BCUT2D eigenvalue weighted by molar-refractivity contribution is 5.87. The molecule has 2 aromatic carbocycles. The third-order valence-electron chi connectivity index (χ3n) is 2.66. The van der Waals surface area contributed by atoms with E-state index in [0.717, 1.165) is 0 Å². The van der Waals surface area contributed by atoms with E-state index in [1.807, 2.05) is 0 Å². The summed E-state index contributed by atoms with van der Waals surface area (Å²) in [4.78, 5) is 10.2. The topological polar surface area (TPSA) is 37.3 Å². The van der Waals surface area contributed by atoms with Crippen molar-refractivity contribution in [3.05, 3.63) is 71.8 Å². The van der Waals surface area contributed by atoms with Crippen LogP contribution in [0.1, 0.15) is 36.7 Å². The lowest BCUT2D eigenvalue weighted by atomic mass is 9.87. The van der Waals surface area contributed by atoms with Gasteiger partial charge >= 0.3 is 5.97 Å². The first kappa shape index (κ1) is 15.0. The predicted molar refractivity (Wildman–Crippen MR) is 78.5 cm³/mol. The van der Waals surface area contributed by atoms with Crippen LogP contribution >= 0.6 is 0 Å². The number of aromatic carboxylic acids is 1. The molecule has 0 aliphatic rings. The lowest BCUT2D eigenvalue weighted by Crippen LogP contribution is -2.10. The Bertz CT molecular complexity index is 496. The molecule has 0 bridgehead atoms. The van der Waals surface area contributed by atoms with Crippen molar-refractivity contribution in [2.75, 3.05) is 0 Å². The lowest BCUT2D eigenvalue weighted by Gasteiger charge is -2.18. The summed E-state index contributed by atoms with van der Waals surface area (Å²) in [5.74, 6) is -0.879. The van der Waals surface area contributed by atoms with Crippen molar-refractivity contribution in [3.8, 4) is 0 Å². The third-order valence-corrected chi connectivity index (χ3v) is 2.66. The molecule has 0 atom stereocenters. The molecule has 2 heteroatoms. The van der Waals surface area contributed by atoms with E-state index in [1.165, 1.54) is 5.56 Å². The zero-order valence-electron chi connectivity index (χ0n) is 11.6. The first-order chi connectivity index (χ1) is 8.91. The molecular formula is C17H20O2. The van der Waals surface area contributed by atoms with Crippen LogP contribution in [0, 0.1) is 0 Å². The van der Waals surface area contributed by atoms with E-state index in [0.29, 0.717) is 11.0 Å². The normalized spacial score (nSPS) is 10.3. The Labute approximate surface area is 114 Å². The molecule has 0 radical (unpaired) electrons. The van der Waals surface area contributed by atoms with Crippen LogP contribution in [0.2, 0.25) is 0 Å².